The molecule has 136 valence electrons. The average molecular weight is 359 g/mol. The van der Waals surface area contributed by atoms with E-state index in [1.54, 1.807) is 12.1 Å². The van der Waals surface area contributed by atoms with Gasteiger partial charge in [-0.2, -0.15) is 0 Å². The second-order valence-corrected chi connectivity index (χ2v) is 6.78. The van der Waals surface area contributed by atoms with Gasteiger partial charge in [-0.1, -0.05) is 6.07 Å². The lowest BCUT2D eigenvalue weighted by Gasteiger charge is -2.10. The van der Waals surface area contributed by atoms with Gasteiger partial charge in [0.25, 0.3) is 0 Å². The number of imidazole rings is 1. The molecule has 0 unspecified atom stereocenters. The molecule has 0 saturated heterocycles. The number of ether oxygens (including phenoxy) is 1. The Morgan fingerprint density at radius 3 is 2.33 bits per heavy atom. The maximum atomic E-state index is 12.4. The third-order valence-corrected chi connectivity index (χ3v) is 4.63. The van der Waals surface area contributed by atoms with E-state index in [1.807, 2.05) is 48.0 Å². The van der Waals surface area contributed by atoms with Crippen LogP contribution in [0.25, 0.3) is 11.3 Å². The van der Waals surface area contributed by atoms with E-state index in [9.17, 15) is 4.79 Å². The van der Waals surface area contributed by atoms with Crippen LogP contribution in [0.4, 0.5) is 0 Å². The number of hydrogen-bond donors (Lipinski definition) is 0. The number of pyridine rings is 1. The molecule has 3 aromatic heterocycles. The Hall–Kier alpha value is -3.34. The van der Waals surface area contributed by atoms with Gasteiger partial charge in [-0.25, -0.2) is 9.78 Å². The lowest BCUT2D eigenvalue weighted by molar-refractivity contribution is 0.0468. The third-order valence-electron chi connectivity index (χ3n) is 4.63. The van der Waals surface area contributed by atoms with Crippen molar-refractivity contribution >= 4 is 11.6 Å². The Labute approximate surface area is 157 Å². The van der Waals surface area contributed by atoms with Gasteiger partial charge >= 0.3 is 5.97 Å². The van der Waals surface area contributed by atoms with Crippen molar-refractivity contribution in [2.45, 2.75) is 27.4 Å². The van der Waals surface area contributed by atoms with Crippen LogP contribution in [0.3, 0.4) is 0 Å². The molecule has 0 N–H and O–H groups in total. The van der Waals surface area contributed by atoms with E-state index < -0.39 is 0 Å². The predicted octanol–water partition coefficient (Wildman–Crippen LogP) is 4.41. The Morgan fingerprint density at radius 2 is 1.63 bits per heavy atom. The lowest BCUT2D eigenvalue weighted by Crippen LogP contribution is -2.06. The van der Waals surface area contributed by atoms with E-state index in [2.05, 4.69) is 35.5 Å². The molecule has 4 rings (SSSR count). The zero-order valence-corrected chi connectivity index (χ0v) is 15.6. The number of benzene rings is 1. The molecule has 0 bridgehead atoms. The molecule has 0 aliphatic carbocycles. The first-order valence-electron chi connectivity index (χ1n) is 8.88. The van der Waals surface area contributed by atoms with Crippen LogP contribution in [0.15, 0.2) is 60.9 Å². The number of hydrogen-bond acceptors (Lipinski definition) is 3. The molecular formula is C22H21N3O2. The van der Waals surface area contributed by atoms with E-state index in [0.717, 1.165) is 34.0 Å². The van der Waals surface area contributed by atoms with Gasteiger partial charge in [0.05, 0.1) is 11.3 Å². The number of nitrogens with zero attached hydrogens (tertiary/aromatic N) is 3. The van der Waals surface area contributed by atoms with Crippen LogP contribution in [0.1, 0.15) is 33.0 Å². The molecule has 0 atom stereocenters. The highest BCUT2D eigenvalue weighted by molar-refractivity contribution is 5.89. The van der Waals surface area contributed by atoms with Gasteiger partial charge in [0.2, 0.25) is 0 Å². The van der Waals surface area contributed by atoms with Gasteiger partial charge in [0, 0.05) is 29.5 Å². The molecule has 0 saturated carbocycles. The number of aromatic nitrogens is 3. The number of rotatable bonds is 4. The summed E-state index contributed by atoms with van der Waals surface area (Å²) in [6.45, 7) is 6.30. The Morgan fingerprint density at radius 1 is 0.926 bits per heavy atom. The molecule has 0 amide bonds. The minimum absolute atomic E-state index is 0.150. The fourth-order valence-electron chi connectivity index (χ4n) is 3.27. The zero-order chi connectivity index (χ0) is 19.0. The van der Waals surface area contributed by atoms with Gasteiger partial charge in [0.15, 0.2) is 0 Å². The molecule has 5 heteroatoms. The normalized spacial score (nSPS) is 11.1. The second kappa shape index (κ2) is 6.76. The highest BCUT2D eigenvalue weighted by Crippen LogP contribution is 2.17. The minimum Gasteiger partial charge on any atom is -0.456 e. The quantitative estimate of drug-likeness (QED) is 0.507. The lowest BCUT2D eigenvalue weighted by atomic mass is 10.2. The first-order chi connectivity index (χ1) is 13.0. The summed E-state index contributed by atoms with van der Waals surface area (Å²) < 4.78 is 9.52. The van der Waals surface area contributed by atoms with E-state index in [4.69, 9.17) is 4.74 Å². The number of esters is 1. The van der Waals surface area contributed by atoms with Crippen LogP contribution >= 0.6 is 0 Å². The summed E-state index contributed by atoms with van der Waals surface area (Å²) in [4.78, 5) is 16.8. The van der Waals surface area contributed by atoms with Crippen molar-refractivity contribution in [1.82, 2.24) is 14.0 Å². The maximum Gasteiger partial charge on any atom is 0.338 e. The average Bonchev–Trinajstić information content (AvgIpc) is 3.22. The standard InChI is InChI=1S/C22H21N3O2/c1-15-4-11-21-23-19(13-24(21)12-15)14-27-22(26)18-7-9-20(10-8-18)25-16(2)5-6-17(25)3/h4-13H,14H2,1-3H3. The van der Waals surface area contributed by atoms with Gasteiger partial charge in [-0.15, -0.1) is 0 Å². The topological polar surface area (TPSA) is 48.5 Å². The summed E-state index contributed by atoms with van der Waals surface area (Å²) in [6.07, 6.45) is 3.88. The van der Waals surface area contributed by atoms with Gasteiger partial charge in [-0.3, -0.25) is 0 Å². The molecule has 1 aromatic carbocycles. The van der Waals surface area contributed by atoms with E-state index in [-0.39, 0.29) is 12.6 Å². The number of aryl methyl sites for hydroxylation is 3. The zero-order valence-electron chi connectivity index (χ0n) is 15.6. The SMILES string of the molecule is Cc1ccc2nc(COC(=O)c3ccc(-n4c(C)ccc4C)cc3)cn2c1. The van der Waals surface area contributed by atoms with Crippen molar-refractivity contribution in [3.8, 4) is 5.69 Å². The van der Waals surface area contributed by atoms with Gasteiger partial charge in [-0.05, 0) is 68.8 Å². The van der Waals surface area contributed by atoms with Crippen molar-refractivity contribution in [2.75, 3.05) is 0 Å². The maximum absolute atomic E-state index is 12.4. The largest absolute Gasteiger partial charge is 0.456 e. The van der Waals surface area contributed by atoms with Crippen LogP contribution in [-0.4, -0.2) is 19.9 Å². The van der Waals surface area contributed by atoms with E-state index >= 15 is 0 Å². The number of fused-ring (bicyclic) bond motifs is 1. The minimum atomic E-state index is -0.351. The summed E-state index contributed by atoms with van der Waals surface area (Å²) >= 11 is 0. The fraction of sp³-hybridized carbons (Fsp3) is 0.182. The van der Waals surface area contributed by atoms with Crippen LogP contribution in [0, 0.1) is 20.8 Å². The summed E-state index contributed by atoms with van der Waals surface area (Å²) in [5.74, 6) is -0.351. The smallest absolute Gasteiger partial charge is 0.338 e. The monoisotopic (exact) mass is 359 g/mol. The first-order valence-corrected chi connectivity index (χ1v) is 8.88. The first kappa shape index (κ1) is 17.1. The number of carbonyl (C=O) groups excluding carboxylic acids is 1. The molecule has 4 aromatic rings. The molecule has 5 nitrogen and oxygen atoms in total. The Bertz CT molecular complexity index is 1100. The molecule has 0 fully saturated rings. The molecule has 0 spiro atoms. The molecule has 0 radical (unpaired) electrons. The second-order valence-electron chi connectivity index (χ2n) is 6.78. The number of carbonyl (C=O) groups is 1. The molecule has 3 heterocycles. The Balaban J connectivity index is 1.46. The highest BCUT2D eigenvalue weighted by Gasteiger charge is 2.11. The van der Waals surface area contributed by atoms with E-state index in [1.165, 1.54) is 0 Å². The van der Waals surface area contributed by atoms with Crippen molar-refractivity contribution in [2.24, 2.45) is 0 Å². The fourth-order valence-corrected chi connectivity index (χ4v) is 3.27. The molecule has 27 heavy (non-hydrogen) atoms. The van der Waals surface area contributed by atoms with Crippen LogP contribution in [0.5, 0.6) is 0 Å². The Kier molecular flexibility index (Phi) is 4.28. The van der Waals surface area contributed by atoms with Crippen molar-refractivity contribution < 1.29 is 9.53 Å². The van der Waals surface area contributed by atoms with Crippen molar-refractivity contribution in [1.29, 1.82) is 0 Å². The van der Waals surface area contributed by atoms with Crippen molar-refractivity contribution in [3.63, 3.8) is 0 Å². The van der Waals surface area contributed by atoms with Crippen LogP contribution in [-0.2, 0) is 11.3 Å². The van der Waals surface area contributed by atoms with Crippen LogP contribution < -0.4 is 0 Å². The summed E-state index contributed by atoms with van der Waals surface area (Å²) in [7, 11) is 0. The van der Waals surface area contributed by atoms with E-state index in [0.29, 0.717) is 5.56 Å². The predicted molar refractivity (Wildman–Crippen MR) is 104 cm³/mol. The van der Waals surface area contributed by atoms with Gasteiger partial charge in [0.1, 0.15) is 12.3 Å². The molecule has 0 aliphatic heterocycles. The summed E-state index contributed by atoms with van der Waals surface area (Å²) in [6, 6.07) is 15.6. The third kappa shape index (κ3) is 3.36. The van der Waals surface area contributed by atoms with Crippen molar-refractivity contribution in [3.05, 3.63) is 89.1 Å². The molecule has 0 aliphatic rings. The molecular weight excluding hydrogens is 338 g/mol. The summed E-state index contributed by atoms with van der Waals surface area (Å²) in [5, 5.41) is 0. The highest BCUT2D eigenvalue weighted by atomic mass is 16.5. The summed E-state index contributed by atoms with van der Waals surface area (Å²) in [5.41, 5.74) is 6.59. The van der Waals surface area contributed by atoms with Gasteiger partial charge < -0.3 is 13.7 Å². The van der Waals surface area contributed by atoms with Crippen LogP contribution in [0.2, 0.25) is 0 Å².